The van der Waals surface area contributed by atoms with E-state index in [4.69, 9.17) is 9.47 Å². The number of methoxy groups -OCH3 is 1. The van der Waals surface area contributed by atoms with E-state index in [2.05, 4.69) is 20.5 Å². The zero-order valence-electron chi connectivity index (χ0n) is 16.5. The third-order valence-corrected chi connectivity index (χ3v) is 5.72. The molecule has 0 saturated carbocycles. The van der Waals surface area contributed by atoms with Gasteiger partial charge >= 0.3 is 5.97 Å². The number of carbonyl (C=O) groups excluding carboxylic acids is 2. The van der Waals surface area contributed by atoms with Crippen molar-refractivity contribution < 1.29 is 19.1 Å². The van der Waals surface area contributed by atoms with Gasteiger partial charge in [0, 0.05) is 25.1 Å². The number of rotatable bonds is 10. The lowest BCUT2D eigenvalue weighted by Gasteiger charge is -2.10. The first kappa shape index (κ1) is 21.9. The van der Waals surface area contributed by atoms with E-state index in [0.717, 1.165) is 5.56 Å². The molecule has 3 aromatic heterocycles. The first-order chi connectivity index (χ1) is 14.6. The number of aromatic nitrogens is 4. The monoisotopic (exact) mass is 447 g/mol. The van der Waals surface area contributed by atoms with E-state index < -0.39 is 5.97 Å². The molecule has 0 bridgehead atoms. The van der Waals surface area contributed by atoms with Gasteiger partial charge in [0.25, 0.3) is 0 Å². The topological polar surface area (TPSA) is 108 Å². The van der Waals surface area contributed by atoms with E-state index in [1.807, 2.05) is 16.7 Å². The molecule has 0 aliphatic rings. The van der Waals surface area contributed by atoms with Crippen LogP contribution in [0, 0.1) is 0 Å². The first-order valence-electron chi connectivity index (χ1n) is 9.13. The second-order valence-electron chi connectivity index (χ2n) is 5.91. The van der Waals surface area contributed by atoms with E-state index in [9.17, 15) is 9.59 Å². The summed E-state index contributed by atoms with van der Waals surface area (Å²) < 4.78 is 12.1. The molecular weight excluding hydrogens is 426 g/mol. The fourth-order valence-electron chi connectivity index (χ4n) is 2.56. The van der Waals surface area contributed by atoms with Crippen molar-refractivity contribution in [2.45, 2.75) is 18.6 Å². The van der Waals surface area contributed by atoms with Crippen molar-refractivity contribution >= 4 is 40.0 Å². The number of amides is 1. The molecule has 0 saturated heterocycles. The minimum absolute atomic E-state index is 0.113. The number of carbonyl (C=O) groups is 2. The Hall–Kier alpha value is -2.76. The van der Waals surface area contributed by atoms with Crippen molar-refractivity contribution in [3.8, 4) is 11.4 Å². The number of esters is 1. The molecular formula is C19H21N5O4S2. The van der Waals surface area contributed by atoms with Gasteiger partial charge in [-0.2, -0.15) is 0 Å². The second-order valence-corrected chi connectivity index (χ2v) is 7.77. The highest BCUT2D eigenvalue weighted by Crippen LogP contribution is 2.26. The molecule has 1 amide bonds. The minimum Gasteiger partial charge on any atom is -0.462 e. The highest BCUT2D eigenvalue weighted by Gasteiger charge is 2.18. The van der Waals surface area contributed by atoms with Gasteiger partial charge in [-0.3, -0.25) is 14.3 Å². The van der Waals surface area contributed by atoms with Crippen LogP contribution in [-0.2, 0) is 20.8 Å². The Morgan fingerprint density at radius 2 is 2.03 bits per heavy atom. The van der Waals surface area contributed by atoms with Gasteiger partial charge in [0.05, 0.1) is 31.1 Å². The lowest BCUT2D eigenvalue weighted by Crippen LogP contribution is -2.16. The number of nitrogens with zero attached hydrogens (tertiary/aromatic N) is 4. The van der Waals surface area contributed by atoms with Crippen LogP contribution in [0.2, 0.25) is 0 Å². The standard InChI is InChI=1S/C19H21N5O4S2/c1-3-28-18(26)14-6-11-29-17(14)21-15(25)12-30-19-23-22-16(24(19)9-10-27-2)13-4-7-20-8-5-13/h4-8,11H,3,9-10,12H2,1-2H3,(H,21,25). The molecule has 3 heterocycles. The average Bonchev–Trinajstić information content (AvgIpc) is 3.38. The lowest BCUT2D eigenvalue weighted by molar-refractivity contribution is -0.113. The third-order valence-electron chi connectivity index (χ3n) is 3.92. The van der Waals surface area contributed by atoms with E-state index in [1.165, 1.54) is 23.1 Å². The molecule has 0 spiro atoms. The van der Waals surface area contributed by atoms with Crippen LogP contribution in [0.25, 0.3) is 11.4 Å². The summed E-state index contributed by atoms with van der Waals surface area (Å²) in [5.74, 6) is 0.0877. The van der Waals surface area contributed by atoms with Crippen LogP contribution < -0.4 is 5.32 Å². The zero-order valence-corrected chi connectivity index (χ0v) is 18.2. The highest BCUT2D eigenvalue weighted by atomic mass is 32.2. The van der Waals surface area contributed by atoms with Crippen LogP contribution in [0.5, 0.6) is 0 Å². The highest BCUT2D eigenvalue weighted by molar-refractivity contribution is 7.99. The number of ether oxygens (including phenoxy) is 2. The van der Waals surface area contributed by atoms with Gasteiger partial charge in [0.1, 0.15) is 5.00 Å². The summed E-state index contributed by atoms with van der Waals surface area (Å²) in [7, 11) is 1.62. The summed E-state index contributed by atoms with van der Waals surface area (Å²) in [5.41, 5.74) is 1.23. The molecule has 0 fully saturated rings. The smallest absolute Gasteiger partial charge is 0.341 e. The number of thiophene rings is 1. The first-order valence-corrected chi connectivity index (χ1v) is 11.0. The molecule has 9 nitrogen and oxygen atoms in total. The fraction of sp³-hybridized carbons (Fsp3) is 0.316. The fourth-order valence-corrected chi connectivity index (χ4v) is 4.12. The molecule has 3 aromatic rings. The minimum atomic E-state index is -0.456. The van der Waals surface area contributed by atoms with Gasteiger partial charge in [-0.05, 0) is 30.5 Å². The quantitative estimate of drug-likeness (QED) is 0.373. The second kappa shape index (κ2) is 10.9. The average molecular weight is 448 g/mol. The predicted octanol–water partition coefficient (Wildman–Crippen LogP) is 2.96. The van der Waals surface area contributed by atoms with E-state index >= 15 is 0 Å². The van der Waals surface area contributed by atoms with E-state index in [-0.39, 0.29) is 18.3 Å². The number of anilines is 1. The summed E-state index contributed by atoms with van der Waals surface area (Å²) in [6, 6.07) is 5.33. The molecule has 3 rings (SSSR count). The number of nitrogens with one attached hydrogen (secondary N) is 1. The Morgan fingerprint density at radius 1 is 1.23 bits per heavy atom. The van der Waals surface area contributed by atoms with Gasteiger partial charge in [-0.15, -0.1) is 21.5 Å². The predicted molar refractivity (Wildman–Crippen MR) is 115 cm³/mol. The maximum Gasteiger partial charge on any atom is 0.341 e. The molecule has 1 N–H and O–H groups in total. The van der Waals surface area contributed by atoms with Crippen LogP contribution in [0.1, 0.15) is 17.3 Å². The van der Waals surface area contributed by atoms with Gasteiger partial charge < -0.3 is 14.8 Å². The van der Waals surface area contributed by atoms with Crippen molar-refractivity contribution in [2.75, 3.05) is 31.4 Å². The normalized spacial score (nSPS) is 10.7. The van der Waals surface area contributed by atoms with Crippen molar-refractivity contribution in [3.63, 3.8) is 0 Å². The van der Waals surface area contributed by atoms with E-state index in [0.29, 0.717) is 34.7 Å². The molecule has 30 heavy (non-hydrogen) atoms. The molecule has 158 valence electrons. The summed E-state index contributed by atoms with van der Waals surface area (Å²) in [5, 5.41) is 14.1. The SMILES string of the molecule is CCOC(=O)c1ccsc1NC(=O)CSc1nnc(-c2ccncc2)n1CCOC. The molecule has 0 radical (unpaired) electrons. The Balaban J connectivity index is 1.68. The summed E-state index contributed by atoms with van der Waals surface area (Å²) in [4.78, 5) is 28.4. The van der Waals surface area contributed by atoms with Crippen LogP contribution in [0.15, 0.2) is 41.1 Å². The molecule has 0 atom stereocenters. The van der Waals surface area contributed by atoms with Crippen LogP contribution >= 0.6 is 23.1 Å². The van der Waals surface area contributed by atoms with Crippen molar-refractivity contribution in [2.24, 2.45) is 0 Å². The van der Waals surface area contributed by atoms with Crippen molar-refractivity contribution in [1.29, 1.82) is 0 Å². The van der Waals surface area contributed by atoms with E-state index in [1.54, 1.807) is 37.9 Å². The lowest BCUT2D eigenvalue weighted by atomic mass is 10.2. The maximum absolute atomic E-state index is 12.5. The number of thioether (sulfide) groups is 1. The molecule has 11 heteroatoms. The number of pyridine rings is 1. The number of hydrogen-bond acceptors (Lipinski definition) is 9. The van der Waals surface area contributed by atoms with Gasteiger partial charge in [-0.1, -0.05) is 11.8 Å². The Bertz CT molecular complexity index is 990. The Morgan fingerprint density at radius 3 is 2.77 bits per heavy atom. The Labute approximate surface area is 181 Å². The zero-order chi connectivity index (χ0) is 21.3. The van der Waals surface area contributed by atoms with Crippen LogP contribution in [0.4, 0.5) is 5.00 Å². The largest absolute Gasteiger partial charge is 0.462 e. The van der Waals surface area contributed by atoms with Crippen LogP contribution in [0.3, 0.4) is 0 Å². The molecule has 0 unspecified atom stereocenters. The van der Waals surface area contributed by atoms with Gasteiger partial charge in [0.2, 0.25) is 5.91 Å². The Kier molecular flexibility index (Phi) is 7.94. The number of hydrogen-bond donors (Lipinski definition) is 1. The van der Waals surface area contributed by atoms with Crippen molar-refractivity contribution in [3.05, 3.63) is 41.5 Å². The summed E-state index contributed by atoms with van der Waals surface area (Å²) in [6.45, 7) is 3.03. The van der Waals surface area contributed by atoms with Crippen molar-refractivity contribution in [1.82, 2.24) is 19.7 Å². The molecule has 0 aliphatic heterocycles. The summed E-state index contributed by atoms with van der Waals surface area (Å²) >= 11 is 2.53. The third kappa shape index (κ3) is 5.43. The van der Waals surface area contributed by atoms with Gasteiger partial charge in [-0.25, -0.2) is 4.79 Å². The molecule has 0 aliphatic carbocycles. The molecule has 0 aromatic carbocycles. The van der Waals surface area contributed by atoms with Gasteiger partial charge in [0.15, 0.2) is 11.0 Å². The maximum atomic E-state index is 12.5. The van der Waals surface area contributed by atoms with Crippen LogP contribution in [-0.4, -0.2) is 57.7 Å². The summed E-state index contributed by atoms with van der Waals surface area (Å²) in [6.07, 6.45) is 3.38.